The summed E-state index contributed by atoms with van der Waals surface area (Å²) in [5, 5.41) is 16.9. The average Bonchev–Trinajstić information content (AvgIpc) is 3.21. The monoisotopic (exact) mass is 331 g/mol. The van der Waals surface area contributed by atoms with Gasteiger partial charge in [-0.2, -0.15) is 0 Å². The Morgan fingerprint density at radius 2 is 2.17 bits per heavy atom. The molecule has 0 aliphatic carbocycles. The summed E-state index contributed by atoms with van der Waals surface area (Å²) < 4.78 is 11.3. The Hall–Kier alpha value is -1.82. The number of furan rings is 1. The Balaban J connectivity index is 1.75. The van der Waals surface area contributed by atoms with Crippen LogP contribution in [0.2, 0.25) is 0 Å². The molecule has 5 heteroatoms. The number of nitrogens with one attached hydrogen (secondary N) is 1. The summed E-state index contributed by atoms with van der Waals surface area (Å²) in [6.07, 6.45) is 0. The molecular formula is C18H21NO3S. The van der Waals surface area contributed by atoms with Gasteiger partial charge in [-0.15, -0.1) is 11.3 Å². The van der Waals surface area contributed by atoms with Crippen LogP contribution in [0.5, 0.6) is 5.75 Å². The van der Waals surface area contributed by atoms with Crippen LogP contribution in [0.1, 0.15) is 30.5 Å². The zero-order valence-corrected chi connectivity index (χ0v) is 14.3. The molecule has 2 unspecified atom stereocenters. The van der Waals surface area contributed by atoms with Crippen molar-refractivity contribution < 1.29 is 14.3 Å². The summed E-state index contributed by atoms with van der Waals surface area (Å²) in [5.41, 5.74) is -0.143. The fraction of sp³-hybridized carbons (Fsp3) is 0.333. The molecule has 0 fully saturated rings. The molecule has 0 radical (unpaired) electrons. The van der Waals surface area contributed by atoms with Gasteiger partial charge in [-0.25, -0.2) is 0 Å². The van der Waals surface area contributed by atoms with Gasteiger partial charge in [0.1, 0.15) is 11.4 Å². The predicted octanol–water partition coefficient (Wildman–Crippen LogP) is 4.06. The fourth-order valence-electron chi connectivity index (χ4n) is 2.55. The second-order valence-electron chi connectivity index (χ2n) is 5.88. The quantitative estimate of drug-likeness (QED) is 0.715. The van der Waals surface area contributed by atoms with Gasteiger partial charge in [0.05, 0.1) is 13.2 Å². The fourth-order valence-corrected chi connectivity index (χ4v) is 3.34. The molecule has 23 heavy (non-hydrogen) atoms. The van der Waals surface area contributed by atoms with Crippen LogP contribution in [0.25, 0.3) is 11.0 Å². The molecule has 2 aromatic heterocycles. The Morgan fingerprint density at radius 1 is 1.35 bits per heavy atom. The molecule has 0 bridgehead atoms. The third kappa shape index (κ3) is 3.27. The average molecular weight is 331 g/mol. The van der Waals surface area contributed by atoms with E-state index in [0.29, 0.717) is 6.54 Å². The van der Waals surface area contributed by atoms with Crippen molar-refractivity contribution in [2.75, 3.05) is 13.7 Å². The van der Waals surface area contributed by atoms with Crippen LogP contribution in [0.4, 0.5) is 0 Å². The Morgan fingerprint density at radius 3 is 2.87 bits per heavy atom. The highest BCUT2D eigenvalue weighted by atomic mass is 32.1. The molecule has 3 rings (SSSR count). The minimum absolute atomic E-state index is 0.0152. The molecule has 0 saturated carbocycles. The van der Waals surface area contributed by atoms with Crippen LogP contribution >= 0.6 is 11.3 Å². The predicted molar refractivity (Wildman–Crippen MR) is 93.1 cm³/mol. The van der Waals surface area contributed by atoms with Gasteiger partial charge in [0.15, 0.2) is 11.3 Å². The lowest BCUT2D eigenvalue weighted by Gasteiger charge is -2.24. The number of fused-ring (bicyclic) bond motifs is 1. The van der Waals surface area contributed by atoms with Crippen molar-refractivity contribution in [1.29, 1.82) is 0 Å². The van der Waals surface area contributed by atoms with Crippen LogP contribution in [-0.4, -0.2) is 18.8 Å². The number of hydrogen-bond donors (Lipinski definition) is 2. The molecule has 0 aliphatic rings. The first-order chi connectivity index (χ1) is 11.0. The SMILES string of the molecule is COc1cccc2cc(C(C)NCC(C)(O)c3cccs3)oc12. The summed E-state index contributed by atoms with van der Waals surface area (Å²) >= 11 is 1.56. The van der Waals surface area contributed by atoms with Gasteiger partial charge in [-0.05, 0) is 37.4 Å². The number of para-hydroxylation sites is 1. The molecule has 1 aromatic carbocycles. The molecule has 122 valence electrons. The van der Waals surface area contributed by atoms with Crippen molar-refractivity contribution in [3.8, 4) is 5.75 Å². The third-order valence-corrected chi connectivity index (χ3v) is 5.10. The Kier molecular flexibility index (Phi) is 4.43. The lowest BCUT2D eigenvalue weighted by molar-refractivity contribution is 0.0574. The van der Waals surface area contributed by atoms with Crippen LogP contribution in [0.15, 0.2) is 46.2 Å². The van der Waals surface area contributed by atoms with Gasteiger partial charge in [0, 0.05) is 16.8 Å². The van der Waals surface area contributed by atoms with E-state index in [0.717, 1.165) is 27.4 Å². The number of benzene rings is 1. The topological polar surface area (TPSA) is 54.6 Å². The number of rotatable bonds is 6. The van der Waals surface area contributed by atoms with E-state index >= 15 is 0 Å². The standard InChI is InChI=1S/C18H21NO3S/c1-12(19-11-18(2,20)16-8-5-9-23-16)15-10-13-6-4-7-14(21-3)17(13)22-15/h4-10,12,19-20H,11H2,1-3H3. The molecule has 0 spiro atoms. The molecule has 2 atom stereocenters. The second-order valence-corrected chi connectivity index (χ2v) is 6.83. The number of hydrogen-bond acceptors (Lipinski definition) is 5. The highest BCUT2D eigenvalue weighted by Gasteiger charge is 2.25. The summed E-state index contributed by atoms with van der Waals surface area (Å²) in [7, 11) is 1.64. The highest BCUT2D eigenvalue weighted by Crippen LogP contribution is 2.31. The van der Waals surface area contributed by atoms with Crippen molar-refractivity contribution in [2.45, 2.75) is 25.5 Å². The zero-order chi connectivity index (χ0) is 16.4. The van der Waals surface area contributed by atoms with E-state index in [2.05, 4.69) is 5.32 Å². The maximum Gasteiger partial charge on any atom is 0.176 e. The molecular weight excluding hydrogens is 310 g/mol. The van der Waals surface area contributed by atoms with Gasteiger partial charge in [-0.3, -0.25) is 0 Å². The van der Waals surface area contributed by atoms with Crippen molar-refractivity contribution >= 4 is 22.3 Å². The van der Waals surface area contributed by atoms with E-state index in [4.69, 9.17) is 9.15 Å². The first kappa shape index (κ1) is 16.1. The maximum atomic E-state index is 10.6. The Bertz CT molecular complexity index is 777. The minimum atomic E-state index is -0.897. The van der Waals surface area contributed by atoms with Gasteiger partial charge in [0.2, 0.25) is 0 Å². The van der Waals surface area contributed by atoms with Crippen molar-refractivity contribution in [1.82, 2.24) is 5.32 Å². The van der Waals surface area contributed by atoms with E-state index in [9.17, 15) is 5.11 Å². The van der Waals surface area contributed by atoms with Gasteiger partial charge in [-0.1, -0.05) is 18.2 Å². The number of thiophene rings is 1. The van der Waals surface area contributed by atoms with Crippen LogP contribution in [-0.2, 0) is 5.60 Å². The summed E-state index contributed by atoms with van der Waals surface area (Å²) in [5.74, 6) is 1.55. The minimum Gasteiger partial charge on any atom is -0.493 e. The van der Waals surface area contributed by atoms with Crippen molar-refractivity contribution in [2.24, 2.45) is 0 Å². The number of methoxy groups -OCH3 is 1. The smallest absolute Gasteiger partial charge is 0.176 e. The molecule has 0 aliphatic heterocycles. The van der Waals surface area contributed by atoms with Crippen molar-refractivity contribution in [3.63, 3.8) is 0 Å². The molecule has 4 nitrogen and oxygen atoms in total. The van der Waals surface area contributed by atoms with E-state index in [1.807, 2.05) is 55.6 Å². The third-order valence-electron chi connectivity index (χ3n) is 3.98. The number of ether oxygens (including phenoxy) is 1. The first-order valence-electron chi connectivity index (χ1n) is 7.57. The molecule has 0 amide bonds. The molecule has 3 aromatic rings. The van der Waals surface area contributed by atoms with E-state index in [-0.39, 0.29) is 6.04 Å². The summed E-state index contributed by atoms with van der Waals surface area (Å²) in [4.78, 5) is 0.948. The first-order valence-corrected chi connectivity index (χ1v) is 8.45. The molecule has 2 heterocycles. The summed E-state index contributed by atoms with van der Waals surface area (Å²) in [6.45, 7) is 4.29. The maximum absolute atomic E-state index is 10.6. The lowest BCUT2D eigenvalue weighted by Crippen LogP contribution is -2.35. The second kappa shape index (κ2) is 6.35. The zero-order valence-electron chi connectivity index (χ0n) is 13.5. The Labute approximate surface area is 139 Å². The normalized spacial score (nSPS) is 15.5. The van der Waals surface area contributed by atoms with Gasteiger partial charge >= 0.3 is 0 Å². The van der Waals surface area contributed by atoms with Gasteiger partial charge < -0.3 is 19.6 Å². The van der Waals surface area contributed by atoms with Crippen LogP contribution in [0.3, 0.4) is 0 Å². The van der Waals surface area contributed by atoms with Gasteiger partial charge in [0.25, 0.3) is 0 Å². The van der Waals surface area contributed by atoms with Crippen LogP contribution in [0, 0.1) is 0 Å². The van der Waals surface area contributed by atoms with Crippen LogP contribution < -0.4 is 10.1 Å². The lowest BCUT2D eigenvalue weighted by atomic mass is 10.0. The highest BCUT2D eigenvalue weighted by molar-refractivity contribution is 7.10. The van der Waals surface area contributed by atoms with E-state index < -0.39 is 5.60 Å². The van der Waals surface area contributed by atoms with E-state index in [1.165, 1.54) is 0 Å². The number of aliphatic hydroxyl groups is 1. The molecule has 2 N–H and O–H groups in total. The summed E-state index contributed by atoms with van der Waals surface area (Å²) in [6, 6.07) is 11.7. The van der Waals surface area contributed by atoms with E-state index in [1.54, 1.807) is 18.4 Å². The largest absolute Gasteiger partial charge is 0.493 e. The van der Waals surface area contributed by atoms with Crippen molar-refractivity contribution in [3.05, 3.63) is 52.4 Å². The molecule has 0 saturated heterocycles.